The zero-order valence-electron chi connectivity index (χ0n) is 8.33. The molecule has 0 saturated carbocycles. The Labute approximate surface area is 84.3 Å². The third kappa shape index (κ3) is 1.53. The first-order chi connectivity index (χ1) is 6.72. The summed E-state index contributed by atoms with van der Waals surface area (Å²) in [7, 11) is 0. The van der Waals surface area contributed by atoms with Gasteiger partial charge in [0.15, 0.2) is 0 Å². The smallest absolute Gasteiger partial charge is 0.120 e. The van der Waals surface area contributed by atoms with Crippen LogP contribution in [-0.4, -0.2) is 11.7 Å². The average molecular weight is 189 g/mol. The Morgan fingerprint density at radius 3 is 2.71 bits per heavy atom. The van der Waals surface area contributed by atoms with Crippen molar-refractivity contribution in [3.8, 4) is 5.75 Å². The van der Waals surface area contributed by atoms with Crippen molar-refractivity contribution in [2.24, 2.45) is 0 Å². The molecule has 1 heterocycles. The van der Waals surface area contributed by atoms with Crippen LogP contribution in [-0.2, 0) is 5.54 Å². The van der Waals surface area contributed by atoms with E-state index in [2.05, 4.69) is 24.4 Å². The first kappa shape index (κ1) is 9.28. The molecule has 0 unspecified atom stereocenters. The van der Waals surface area contributed by atoms with Crippen LogP contribution in [0.25, 0.3) is 0 Å². The van der Waals surface area contributed by atoms with Gasteiger partial charge in [-0.05, 0) is 19.4 Å². The predicted octanol–water partition coefficient (Wildman–Crippen LogP) is 2.16. The van der Waals surface area contributed by atoms with E-state index in [1.807, 2.05) is 18.2 Å². The van der Waals surface area contributed by atoms with Gasteiger partial charge in [0, 0.05) is 17.6 Å². The Morgan fingerprint density at radius 1 is 1.29 bits per heavy atom. The summed E-state index contributed by atoms with van der Waals surface area (Å²) in [4.78, 5) is 0. The fourth-order valence-electron chi connectivity index (χ4n) is 1.90. The minimum Gasteiger partial charge on any atom is -0.508 e. The number of hydrogen-bond donors (Lipinski definition) is 2. The van der Waals surface area contributed by atoms with E-state index in [0.29, 0.717) is 5.75 Å². The number of phenolic OH excluding ortho intramolecular Hbond substituents is 1. The number of para-hydroxylation sites is 1. The molecule has 2 nitrogen and oxygen atoms in total. The molecule has 0 bridgehead atoms. The Morgan fingerprint density at radius 2 is 2.07 bits per heavy atom. The molecule has 0 fully saturated rings. The number of benzene rings is 1. The number of aromatic hydroxyl groups is 1. The Kier molecular flexibility index (Phi) is 2.30. The molecular formula is C12H15NO. The third-order valence-electron chi connectivity index (χ3n) is 2.80. The van der Waals surface area contributed by atoms with Crippen molar-refractivity contribution < 1.29 is 5.11 Å². The highest BCUT2D eigenvalue weighted by atomic mass is 16.3. The van der Waals surface area contributed by atoms with E-state index in [1.165, 1.54) is 0 Å². The van der Waals surface area contributed by atoms with E-state index in [1.54, 1.807) is 6.07 Å². The lowest BCUT2D eigenvalue weighted by atomic mass is 9.86. The van der Waals surface area contributed by atoms with Crippen molar-refractivity contribution in [2.75, 3.05) is 6.54 Å². The van der Waals surface area contributed by atoms with Crippen LogP contribution in [0.15, 0.2) is 36.4 Å². The maximum atomic E-state index is 9.76. The van der Waals surface area contributed by atoms with Crippen molar-refractivity contribution in [2.45, 2.75) is 18.9 Å². The monoisotopic (exact) mass is 189 g/mol. The van der Waals surface area contributed by atoms with Gasteiger partial charge in [0.25, 0.3) is 0 Å². The molecule has 2 rings (SSSR count). The molecule has 1 atom stereocenters. The molecule has 2 N–H and O–H groups in total. The Bertz CT molecular complexity index is 359. The van der Waals surface area contributed by atoms with E-state index >= 15 is 0 Å². The van der Waals surface area contributed by atoms with E-state index < -0.39 is 0 Å². The minimum atomic E-state index is -0.125. The summed E-state index contributed by atoms with van der Waals surface area (Å²) in [6, 6.07) is 7.52. The quantitative estimate of drug-likeness (QED) is 0.663. The Balaban J connectivity index is 2.38. The molecule has 0 aromatic heterocycles. The van der Waals surface area contributed by atoms with Crippen LogP contribution in [0.4, 0.5) is 0 Å². The summed E-state index contributed by atoms with van der Waals surface area (Å²) < 4.78 is 0. The number of rotatable bonds is 1. The van der Waals surface area contributed by atoms with Crippen LogP contribution in [0.5, 0.6) is 5.75 Å². The van der Waals surface area contributed by atoms with Crippen LogP contribution in [0, 0.1) is 0 Å². The molecule has 0 spiro atoms. The second-order valence-corrected chi connectivity index (χ2v) is 3.91. The van der Waals surface area contributed by atoms with Crippen LogP contribution >= 0.6 is 0 Å². The van der Waals surface area contributed by atoms with Crippen molar-refractivity contribution in [3.05, 3.63) is 42.0 Å². The molecule has 0 amide bonds. The fraction of sp³-hybridized carbons (Fsp3) is 0.333. The molecule has 1 aromatic rings. The molecule has 0 radical (unpaired) electrons. The lowest BCUT2D eigenvalue weighted by Gasteiger charge is -2.33. The van der Waals surface area contributed by atoms with E-state index in [0.717, 1.165) is 18.5 Å². The normalized spacial score (nSPS) is 26.4. The summed E-state index contributed by atoms with van der Waals surface area (Å²) >= 11 is 0. The standard InChI is InChI=1S/C12H15NO/c1-12(8-4-5-9-13-12)10-6-2-3-7-11(10)14/h2-7,13-14H,8-9H2,1H3/t12-/m0/s1. The largest absolute Gasteiger partial charge is 0.508 e. The second kappa shape index (κ2) is 3.46. The maximum absolute atomic E-state index is 9.76. The number of phenols is 1. The van der Waals surface area contributed by atoms with Crippen LogP contribution in [0.3, 0.4) is 0 Å². The van der Waals surface area contributed by atoms with Gasteiger partial charge in [-0.25, -0.2) is 0 Å². The highest BCUT2D eigenvalue weighted by molar-refractivity contribution is 5.38. The first-order valence-corrected chi connectivity index (χ1v) is 4.91. The van der Waals surface area contributed by atoms with Crippen molar-refractivity contribution >= 4 is 0 Å². The fourth-order valence-corrected chi connectivity index (χ4v) is 1.90. The van der Waals surface area contributed by atoms with E-state index in [9.17, 15) is 5.11 Å². The Hall–Kier alpha value is -1.28. The number of nitrogens with one attached hydrogen (secondary N) is 1. The van der Waals surface area contributed by atoms with E-state index in [4.69, 9.17) is 0 Å². The zero-order chi connectivity index (χ0) is 10.0. The molecule has 1 aliphatic rings. The van der Waals surface area contributed by atoms with Crippen molar-refractivity contribution in [1.82, 2.24) is 5.32 Å². The second-order valence-electron chi connectivity index (χ2n) is 3.91. The molecule has 0 saturated heterocycles. The molecular weight excluding hydrogens is 174 g/mol. The summed E-state index contributed by atoms with van der Waals surface area (Å²) in [5.74, 6) is 0.373. The first-order valence-electron chi connectivity index (χ1n) is 4.91. The minimum absolute atomic E-state index is 0.125. The summed E-state index contributed by atoms with van der Waals surface area (Å²) in [5.41, 5.74) is 0.851. The van der Waals surface area contributed by atoms with Crippen LogP contribution in [0.1, 0.15) is 18.9 Å². The summed E-state index contributed by atoms with van der Waals surface area (Å²) in [6.45, 7) is 2.98. The van der Waals surface area contributed by atoms with Gasteiger partial charge >= 0.3 is 0 Å². The van der Waals surface area contributed by atoms with Gasteiger partial charge in [-0.15, -0.1) is 0 Å². The number of hydrogen-bond acceptors (Lipinski definition) is 2. The molecule has 0 aliphatic carbocycles. The van der Waals surface area contributed by atoms with Gasteiger partial charge in [-0.3, -0.25) is 0 Å². The third-order valence-corrected chi connectivity index (χ3v) is 2.80. The van der Waals surface area contributed by atoms with Gasteiger partial charge in [0.1, 0.15) is 5.75 Å². The molecule has 14 heavy (non-hydrogen) atoms. The van der Waals surface area contributed by atoms with Crippen LogP contribution in [0.2, 0.25) is 0 Å². The summed E-state index contributed by atoms with van der Waals surface area (Å²) in [6.07, 6.45) is 5.19. The van der Waals surface area contributed by atoms with E-state index in [-0.39, 0.29) is 5.54 Å². The van der Waals surface area contributed by atoms with Crippen LogP contribution < -0.4 is 5.32 Å². The zero-order valence-corrected chi connectivity index (χ0v) is 8.33. The van der Waals surface area contributed by atoms with Gasteiger partial charge < -0.3 is 10.4 Å². The average Bonchev–Trinajstić information content (AvgIpc) is 2.19. The maximum Gasteiger partial charge on any atom is 0.120 e. The topological polar surface area (TPSA) is 32.3 Å². The molecule has 1 aliphatic heterocycles. The molecule has 1 aromatic carbocycles. The lowest BCUT2D eigenvalue weighted by molar-refractivity contribution is 0.353. The van der Waals surface area contributed by atoms with Gasteiger partial charge in [0.05, 0.1) is 0 Å². The lowest BCUT2D eigenvalue weighted by Crippen LogP contribution is -2.41. The SMILES string of the molecule is C[C@@]1(c2ccccc2O)CC=CCN1. The van der Waals surface area contributed by atoms with Crippen molar-refractivity contribution in [3.63, 3.8) is 0 Å². The molecule has 2 heteroatoms. The highest BCUT2D eigenvalue weighted by Crippen LogP contribution is 2.32. The predicted molar refractivity (Wildman–Crippen MR) is 57.2 cm³/mol. The van der Waals surface area contributed by atoms with Gasteiger partial charge in [-0.1, -0.05) is 30.4 Å². The molecule has 74 valence electrons. The van der Waals surface area contributed by atoms with Gasteiger partial charge in [-0.2, -0.15) is 0 Å². The van der Waals surface area contributed by atoms with Crippen molar-refractivity contribution in [1.29, 1.82) is 0 Å². The summed E-state index contributed by atoms with van der Waals surface area (Å²) in [5, 5.41) is 13.2. The van der Waals surface area contributed by atoms with Gasteiger partial charge in [0.2, 0.25) is 0 Å². The highest BCUT2D eigenvalue weighted by Gasteiger charge is 2.28.